The molecule has 0 saturated heterocycles. The van der Waals surface area contributed by atoms with E-state index in [2.05, 4.69) is 27.2 Å². The molecule has 1 fully saturated rings. The first kappa shape index (κ1) is 18.9. The first-order valence-corrected chi connectivity index (χ1v) is 10.7. The third-order valence-corrected chi connectivity index (χ3v) is 6.79. The maximum atomic E-state index is 12.8. The summed E-state index contributed by atoms with van der Waals surface area (Å²) < 4.78 is 5.54. The zero-order valence-corrected chi connectivity index (χ0v) is 17.4. The maximum Gasteiger partial charge on any atom is 0.262 e. The zero-order valence-electron chi connectivity index (χ0n) is 16.6. The molecule has 0 unspecified atom stereocenters. The van der Waals surface area contributed by atoms with E-state index in [0.29, 0.717) is 17.5 Å². The van der Waals surface area contributed by atoms with E-state index in [1.165, 1.54) is 43.4 Å². The van der Waals surface area contributed by atoms with Gasteiger partial charge in [-0.15, -0.1) is 11.3 Å². The van der Waals surface area contributed by atoms with E-state index in [0.717, 1.165) is 33.1 Å². The van der Waals surface area contributed by atoms with Crippen molar-refractivity contribution in [2.24, 2.45) is 0 Å². The second-order valence-corrected chi connectivity index (χ2v) is 8.53. The van der Waals surface area contributed by atoms with E-state index in [-0.39, 0.29) is 5.91 Å². The fraction of sp³-hybridized carbons (Fsp3) is 0.476. The predicted octanol–water partition coefficient (Wildman–Crippen LogP) is 4.60. The standard InChI is InChI=1S/C21H26N4O2S/c1-13-9-10-16(27-13)11-22-20(26)18-14(2)17-19(23-12-24-21(17)28-18)25(3)15-7-5-4-6-8-15/h9-10,12,15H,4-8,11H2,1-3H3,(H,22,26). The molecular formula is C21H26N4O2S. The predicted molar refractivity (Wildman–Crippen MR) is 112 cm³/mol. The Labute approximate surface area is 169 Å². The Balaban J connectivity index is 1.60. The van der Waals surface area contributed by atoms with Crippen LogP contribution in [0.25, 0.3) is 10.2 Å². The molecule has 0 aromatic carbocycles. The van der Waals surface area contributed by atoms with Crippen molar-refractivity contribution in [2.75, 3.05) is 11.9 Å². The van der Waals surface area contributed by atoms with Crippen molar-refractivity contribution in [3.8, 4) is 0 Å². The Bertz CT molecular complexity index is 988. The Kier molecular flexibility index (Phi) is 5.35. The molecule has 0 bridgehead atoms. The van der Waals surface area contributed by atoms with Crippen LogP contribution in [0.3, 0.4) is 0 Å². The van der Waals surface area contributed by atoms with Crippen molar-refractivity contribution in [1.82, 2.24) is 15.3 Å². The molecule has 1 saturated carbocycles. The second kappa shape index (κ2) is 7.91. The Morgan fingerprint density at radius 1 is 1.25 bits per heavy atom. The summed E-state index contributed by atoms with van der Waals surface area (Å²) in [7, 11) is 2.12. The smallest absolute Gasteiger partial charge is 0.262 e. The van der Waals surface area contributed by atoms with Gasteiger partial charge in [0.25, 0.3) is 5.91 Å². The van der Waals surface area contributed by atoms with Crippen LogP contribution < -0.4 is 10.2 Å². The van der Waals surface area contributed by atoms with Gasteiger partial charge in [0.2, 0.25) is 0 Å². The van der Waals surface area contributed by atoms with Crippen molar-refractivity contribution in [3.63, 3.8) is 0 Å². The van der Waals surface area contributed by atoms with Crippen molar-refractivity contribution in [1.29, 1.82) is 0 Å². The summed E-state index contributed by atoms with van der Waals surface area (Å²) in [6.07, 6.45) is 7.86. The lowest BCUT2D eigenvalue weighted by Crippen LogP contribution is -2.34. The van der Waals surface area contributed by atoms with Crippen molar-refractivity contribution >= 4 is 33.3 Å². The average Bonchev–Trinajstić information content (AvgIpc) is 3.29. The Hall–Kier alpha value is -2.41. The minimum absolute atomic E-state index is 0.0965. The number of nitrogens with one attached hydrogen (secondary N) is 1. The minimum Gasteiger partial charge on any atom is -0.465 e. The number of aromatic nitrogens is 2. The summed E-state index contributed by atoms with van der Waals surface area (Å²) in [5.41, 5.74) is 0.950. The van der Waals surface area contributed by atoms with Gasteiger partial charge >= 0.3 is 0 Å². The molecule has 1 aliphatic carbocycles. The zero-order chi connectivity index (χ0) is 19.7. The molecule has 0 atom stereocenters. The molecule has 0 radical (unpaired) electrons. The van der Waals surface area contributed by atoms with Crippen LogP contribution in [0, 0.1) is 13.8 Å². The molecule has 7 heteroatoms. The maximum absolute atomic E-state index is 12.8. The number of hydrogen-bond donors (Lipinski definition) is 1. The molecular weight excluding hydrogens is 372 g/mol. The fourth-order valence-electron chi connectivity index (χ4n) is 4.01. The monoisotopic (exact) mass is 398 g/mol. The molecule has 1 amide bonds. The number of fused-ring (bicyclic) bond motifs is 1. The number of nitrogens with zero attached hydrogens (tertiary/aromatic N) is 3. The van der Waals surface area contributed by atoms with Gasteiger partial charge in [-0.25, -0.2) is 9.97 Å². The summed E-state index contributed by atoms with van der Waals surface area (Å²) in [6.45, 7) is 4.26. The average molecular weight is 399 g/mol. The molecule has 0 spiro atoms. The van der Waals surface area contributed by atoms with Crippen LogP contribution in [0.5, 0.6) is 0 Å². The van der Waals surface area contributed by atoms with Crippen LogP contribution >= 0.6 is 11.3 Å². The van der Waals surface area contributed by atoms with Crippen molar-refractivity contribution in [3.05, 3.63) is 40.4 Å². The summed E-state index contributed by atoms with van der Waals surface area (Å²) in [5, 5.41) is 3.96. The molecule has 0 aliphatic heterocycles. The Morgan fingerprint density at radius 2 is 2.04 bits per heavy atom. The van der Waals surface area contributed by atoms with Crippen LogP contribution in [0.2, 0.25) is 0 Å². The van der Waals surface area contributed by atoms with Gasteiger partial charge < -0.3 is 14.6 Å². The topological polar surface area (TPSA) is 71.3 Å². The van der Waals surface area contributed by atoms with Gasteiger partial charge in [0.05, 0.1) is 16.8 Å². The number of hydrogen-bond acceptors (Lipinski definition) is 6. The van der Waals surface area contributed by atoms with Gasteiger partial charge in [-0.1, -0.05) is 19.3 Å². The molecule has 28 heavy (non-hydrogen) atoms. The van der Waals surface area contributed by atoms with Crippen LogP contribution in [-0.2, 0) is 6.54 Å². The van der Waals surface area contributed by atoms with E-state index in [1.54, 1.807) is 6.33 Å². The highest BCUT2D eigenvalue weighted by molar-refractivity contribution is 7.20. The summed E-state index contributed by atoms with van der Waals surface area (Å²) in [6, 6.07) is 4.29. The molecule has 1 aliphatic rings. The molecule has 148 valence electrons. The lowest BCUT2D eigenvalue weighted by Gasteiger charge is -2.32. The van der Waals surface area contributed by atoms with Crippen LogP contribution in [-0.4, -0.2) is 29.0 Å². The quantitative estimate of drug-likeness (QED) is 0.680. The summed E-state index contributed by atoms with van der Waals surface area (Å²) >= 11 is 1.43. The number of carbonyl (C=O) groups is 1. The highest BCUT2D eigenvalue weighted by atomic mass is 32.1. The van der Waals surface area contributed by atoms with Crippen LogP contribution in [0.15, 0.2) is 22.9 Å². The first-order chi connectivity index (χ1) is 13.5. The van der Waals surface area contributed by atoms with E-state index in [9.17, 15) is 4.79 Å². The first-order valence-electron chi connectivity index (χ1n) is 9.85. The molecule has 1 N–H and O–H groups in total. The number of aryl methyl sites for hydroxylation is 2. The van der Waals surface area contributed by atoms with E-state index in [1.807, 2.05) is 26.0 Å². The van der Waals surface area contributed by atoms with E-state index >= 15 is 0 Å². The van der Waals surface area contributed by atoms with Crippen LogP contribution in [0.1, 0.15) is 58.9 Å². The van der Waals surface area contributed by atoms with Gasteiger partial charge in [0, 0.05) is 13.1 Å². The molecule has 3 heterocycles. The van der Waals surface area contributed by atoms with Gasteiger partial charge in [-0.05, 0) is 44.4 Å². The third-order valence-electron chi connectivity index (χ3n) is 5.59. The van der Waals surface area contributed by atoms with Gasteiger partial charge in [0.1, 0.15) is 28.5 Å². The fourth-order valence-corrected chi connectivity index (χ4v) is 5.07. The number of thiophene rings is 1. The number of amides is 1. The van der Waals surface area contributed by atoms with Gasteiger partial charge in [0.15, 0.2) is 0 Å². The SMILES string of the molecule is Cc1ccc(CNC(=O)c2sc3ncnc(N(C)C4CCCCC4)c3c2C)o1. The van der Waals surface area contributed by atoms with Gasteiger partial charge in [-0.2, -0.15) is 0 Å². The molecule has 6 nitrogen and oxygen atoms in total. The van der Waals surface area contributed by atoms with E-state index < -0.39 is 0 Å². The van der Waals surface area contributed by atoms with Crippen molar-refractivity contribution in [2.45, 2.75) is 58.5 Å². The third kappa shape index (κ3) is 3.63. The van der Waals surface area contributed by atoms with Gasteiger partial charge in [-0.3, -0.25) is 4.79 Å². The lowest BCUT2D eigenvalue weighted by molar-refractivity contribution is 0.0951. The summed E-state index contributed by atoms with van der Waals surface area (Å²) in [4.78, 5) is 25.7. The minimum atomic E-state index is -0.0965. The number of anilines is 1. The number of carbonyl (C=O) groups excluding carboxylic acids is 1. The molecule has 4 rings (SSSR count). The summed E-state index contributed by atoms with van der Waals surface area (Å²) in [5.74, 6) is 2.43. The number of furan rings is 1. The normalized spacial score (nSPS) is 15.1. The highest BCUT2D eigenvalue weighted by Gasteiger charge is 2.25. The van der Waals surface area contributed by atoms with Crippen LogP contribution in [0.4, 0.5) is 5.82 Å². The Morgan fingerprint density at radius 3 is 2.75 bits per heavy atom. The van der Waals surface area contributed by atoms with E-state index in [4.69, 9.17) is 4.42 Å². The highest BCUT2D eigenvalue weighted by Crippen LogP contribution is 2.36. The molecule has 3 aromatic heterocycles. The largest absolute Gasteiger partial charge is 0.465 e. The molecule has 3 aromatic rings. The number of rotatable bonds is 5. The lowest BCUT2D eigenvalue weighted by atomic mass is 9.94. The second-order valence-electron chi connectivity index (χ2n) is 7.53. The van der Waals surface area contributed by atoms with Crippen molar-refractivity contribution < 1.29 is 9.21 Å².